The SMILES string of the molecule is Fc1cccc(OCCCN2CCOCC2)c1F. The lowest BCUT2D eigenvalue weighted by atomic mass is 10.3. The molecule has 0 bridgehead atoms. The molecule has 1 aromatic carbocycles. The van der Waals surface area contributed by atoms with Crippen molar-refractivity contribution in [2.75, 3.05) is 39.5 Å². The highest BCUT2D eigenvalue weighted by atomic mass is 19.2. The zero-order chi connectivity index (χ0) is 12.8. The number of benzene rings is 1. The van der Waals surface area contributed by atoms with E-state index in [1.165, 1.54) is 12.1 Å². The summed E-state index contributed by atoms with van der Waals surface area (Å²) < 4.78 is 36.6. The summed E-state index contributed by atoms with van der Waals surface area (Å²) in [5, 5.41) is 0. The van der Waals surface area contributed by atoms with Crippen LogP contribution >= 0.6 is 0 Å². The van der Waals surface area contributed by atoms with Crippen LogP contribution in [0.3, 0.4) is 0 Å². The van der Waals surface area contributed by atoms with Crippen molar-refractivity contribution in [2.45, 2.75) is 6.42 Å². The van der Waals surface area contributed by atoms with Gasteiger partial charge in [0.2, 0.25) is 5.82 Å². The number of hydrogen-bond donors (Lipinski definition) is 0. The molecule has 1 aliphatic heterocycles. The van der Waals surface area contributed by atoms with E-state index in [2.05, 4.69) is 4.90 Å². The van der Waals surface area contributed by atoms with Crippen molar-refractivity contribution in [3.8, 4) is 5.75 Å². The standard InChI is InChI=1S/C13H17F2NO2/c14-11-3-1-4-12(13(11)15)18-8-2-5-16-6-9-17-10-7-16/h1,3-4H,2,5-10H2. The van der Waals surface area contributed by atoms with Gasteiger partial charge >= 0.3 is 0 Å². The fourth-order valence-electron chi connectivity index (χ4n) is 1.89. The van der Waals surface area contributed by atoms with Crippen molar-refractivity contribution >= 4 is 0 Å². The van der Waals surface area contributed by atoms with E-state index in [1.807, 2.05) is 0 Å². The summed E-state index contributed by atoms with van der Waals surface area (Å²) in [6.45, 7) is 4.65. The third kappa shape index (κ3) is 3.65. The molecule has 1 saturated heterocycles. The molecule has 3 nitrogen and oxygen atoms in total. The maximum Gasteiger partial charge on any atom is 0.200 e. The third-order valence-electron chi connectivity index (χ3n) is 2.90. The Hall–Kier alpha value is -1.20. The van der Waals surface area contributed by atoms with E-state index in [-0.39, 0.29) is 5.75 Å². The Balaban J connectivity index is 1.70. The predicted octanol–water partition coefficient (Wildman–Crippen LogP) is 2.07. The molecule has 18 heavy (non-hydrogen) atoms. The molecular formula is C13H17F2NO2. The van der Waals surface area contributed by atoms with E-state index in [9.17, 15) is 8.78 Å². The van der Waals surface area contributed by atoms with Gasteiger partial charge in [-0.2, -0.15) is 4.39 Å². The lowest BCUT2D eigenvalue weighted by Crippen LogP contribution is -2.37. The van der Waals surface area contributed by atoms with E-state index in [0.29, 0.717) is 6.61 Å². The van der Waals surface area contributed by atoms with Crippen LogP contribution in [0.5, 0.6) is 5.75 Å². The van der Waals surface area contributed by atoms with Crippen LogP contribution in [0.15, 0.2) is 18.2 Å². The first-order chi connectivity index (χ1) is 8.77. The Kier molecular flexibility index (Phi) is 4.90. The summed E-state index contributed by atoms with van der Waals surface area (Å²) in [5.74, 6) is -1.80. The Morgan fingerprint density at radius 3 is 2.78 bits per heavy atom. The Morgan fingerprint density at radius 1 is 1.22 bits per heavy atom. The number of rotatable bonds is 5. The highest BCUT2D eigenvalue weighted by Crippen LogP contribution is 2.19. The van der Waals surface area contributed by atoms with E-state index < -0.39 is 11.6 Å². The van der Waals surface area contributed by atoms with Gasteiger partial charge in [-0.1, -0.05) is 6.07 Å². The molecule has 1 aromatic rings. The molecule has 5 heteroatoms. The Labute approximate surface area is 105 Å². The zero-order valence-electron chi connectivity index (χ0n) is 10.2. The van der Waals surface area contributed by atoms with Crippen LogP contribution in [0.4, 0.5) is 8.78 Å². The Morgan fingerprint density at radius 2 is 2.00 bits per heavy atom. The molecule has 0 aromatic heterocycles. The zero-order valence-corrected chi connectivity index (χ0v) is 10.2. The first-order valence-electron chi connectivity index (χ1n) is 6.14. The van der Waals surface area contributed by atoms with Gasteiger partial charge in [-0.05, 0) is 18.6 Å². The summed E-state index contributed by atoms with van der Waals surface area (Å²) in [5.41, 5.74) is 0. The molecule has 100 valence electrons. The van der Waals surface area contributed by atoms with E-state index in [4.69, 9.17) is 9.47 Å². The summed E-state index contributed by atoms with van der Waals surface area (Å²) >= 11 is 0. The maximum atomic E-state index is 13.3. The van der Waals surface area contributed by atoms with Crippen LogP contribution in [0.2, 0.25) is 0 Å². The van der Waals surface area contributed by atoms with Gasteiger partial charge in [-0.25, -0.2) is 4.39 Å². The first kappa shape index (κ1) is 13.2. The topological polar surface area (TPSA) is 21.7 Å². The summed E-state index contributed by atoms with van der Waals surface area (Å²) in [6, 6.07) is 3.96. The van der Waals surface area contributed by atoms with Crippen molar-refractivity contribution in [1.82, 2.24) is 4.90 Å². The Bertz CT molecular complexity index is 381. The van der Waals surface area contributed by atoms with Gasteiger partial charge in [0, 0.05) is 19.6 Å². The van der Waals surface area contributed by atoms with Crippen LogP contribution < -0.4 is 4.74 Å². The lowest BCUT2D eigenvalue weighted by Gasteiger charge is -2.26. The average Bonchev–Trinajstić information content (AvgIpc) is 2.40. The minimum atomic E-state index is -0.913. The molecule has 1 fully saturated rings. The fraction of sp³-hybridized carbons (Fsp3) is 0.538. The van der Waals surface area contributed by atoms with E-state index in [1.54, 1.807) is 0 Å². The average molecular weight is 257 g/mol. The number of morpholine rings is 1. The van der Waals surface area contributed by atoms with Crippen molar-refractivity contribution in [1.29, 1.82) is 0 Å². The van der Waals surface area contributed by atoms with Gasteiger partial charge in [0.05, 0.1) is 19.8 Å². The number of hydrogen-bond acceptors (Lipinski definition) is 3. The van der Waals surface area contributed by atoms with E-state index in [0.717, 1.165) is 45.3 Å². The van der Waals surface area contributed by atoms with Gasteiger partial charge in [-0.15, -0.1) is 0 Å². The van der Waals surface area contributed by atoms with Gasteiger partial charge in [-0.3, -0.25) is 4.90 Å². The second-order valence-corrected chi connectivity index (χ2v) is 4.21. The van der Waals surface area contributed by atoms with Crippen LogP contribution in [0.25, 0.3) is 0 Å². The van der Waals surface area contributed by atoms with Crippen LogP contribution in [0, 0.1) is 11.6 Å². The maximum absolute atomic E-state index is 13.3. The molecule has 0 radical (unpaired) electrons. The lowest BCUT2D eigenvalue weighted by molar-refractivity contribution is 0.0357. The third-order valence-corrected chi connectivity index (χ3v) is 2.90. The molecule has 0 N–H and O–H groups in total. The minimum Gasteiger partial charge on any atom is -0.490 e. The van der Waals surface area contributed by atoms with Gasteiger partial charge in [0.25, 0.3) is 0 Å². The molecule has 2 rings (SSSR count). The molecule has 0 aliphatic carbocycles. The second kappa shape index (κ2) is 6.66. The van der Waals surface area contributed by atoms with Gasteiger partial charge in [0.1, 0.15) is 0 Å². The number of halogens is 2. The molecule has 0 spiro atoms. The highest BCUT2D eigenvalue weighted by molar-refractivity contribution is 5.24. The van der Waals surface area contributed by atoms with Crippen LogP contribution in [0.1, 0.15) is 6.42 Å². The van der Waals surface area contributed by atoms with Crippen LogP contribution in [-0.2, 0) is 4.74 Å². The predicted molar refractivity (Wildman–Crippen MR) is 63.7 cm³/mol. The quantitative estimate of drug-likeness (QED) is 0.754. The summed E-state index contributed by atoms with van der Waals surface area (Å²) in [7, 11) is 0. The smallest absolute Gasteiger partial charge is 0.200 e. The molecule has 1 aliphatic rings. The molecule has 0 amide bonds. The van der Waals surface area contributed by atoms with Crippen molar-refractivity contribution < 1.29 is 18.3 Å². The fourth-order valence-corrected chi connectivity index (χ4v) is 1.89. The summed E-state index contributed by atoms with van der Waals surface area (Å²) in [6.07, 6.45) is 0.788. The largest absolute Gasteiger partial charge is 0.490 e. The molecule has 1 heterocycles. The van der Waals surface area contributed by atoms with Crippen molar-refractivity contribution in [2.24, 2.45) is 0 Å². The monoisotopic (exact) mass is 257 g/mol. The minimum absolute atomic E-state index is 0.0167. The van der Waals surface area contributed by atoms with Crippen LogP contribution in [-0.4, -0.2) is 44.4 Å². The molecule has 0 saturated carbocycles. The highest BCUT2D eigenvalue weighted by Gasteiger charge is 2.11. The molecule has 0 atom stereocenters. The molecular weight excluding hydrogens is 240 g/mol. The number of nitrogens with zero attached hydrogens (tertiary/aromatic N) is 1. The normalized spacial score (nSPS) is 16.8. The second-order valence-electron chi connectivity index (χ2n) is 4.21. The van der Waals surface area contributed by atoms with Crippen molar-refractivity contribution in [3.05, 3.63) is 29.8 Å². The van der Waals surface area contributed by atoms with Gasteiger partial charge in [0.15, 0.2) is 11.6 Å². The first-order valence-corrected chi connectivity index (χ1v) is 6.14. The molecule has 0 unspecified atom stereocenters. The number of ether oxygens (including phenoxy) is 2. The van der Waals surface area contributed by atoms with Crippen molar-refractivity contribution in [3.63, 3.8) is 0 Å². The summed E-state index contributed by atoms with van der Waals surface area (Å²) in [4.78, 5) is 2.27. The van der Waals surface area contributed by atoms with Gasteiger partial charge < -0.3 is 9.47 Å². The van der Waals surface area contributed by atoms with E-state index >= 15 is 0 Å².